The van der Waals surface area contributed by atoms with E-state index in [-0.39, 0.29) is 41.8 Å². The van der Waals surface area contributed by atoms with Crippen molar-refractivity contribution < 1.29 is 28.6 Å². The highest BCUT2D eigenvalue weighted by Crippen LogP contribution is 2.42. The first-order valence-corrected chi connectivity index (χ1v) is 9.39. The zero-order valence-corrected chi connectivity index (χ0v) is 15.2. The van der Waals surface area contributed by atoms with Crippen LogP contribution in [0, 0.1) is 0 Å². The molecule has 0 bridgehead atoms. The lowest BCUT2D eigenvalue weighted by atomic mass is 9.81. The van der Waals surface area contributed by atoms with Crippen molar-refractivity contribution in [3.05, 3.63) is 40.6 Å². The first kappa shape index (κ1) is 17.6. The van der Waals surface area contributed by atoms with Crippen molar-refractivity contribution in [2.45, 2.75) is 51.4 Å². The average Bonchev–Trinajstić information content (AvgIpc) is 3.24. The molecule has 6 nitrogen and oxygen atoms in total. The maximum atomic E-state index is 12.8. The lowest BCUT2D eigenvalue weighted by Crippen LogP contribution is -2.19. The highest BCUT2D eigenvalue weighted by atomic mass is 16.7. The number of unbranched alkanes of at least 4 members (excludes halogenated alkanes) is 2. The molecule has 1 atom stereocenters. The largest absolute Gasteiger partial charge is 0.480 e. The summed E-state index contributed by atoms with van der Waals surface area (Å²) in [5.74, 6) is 0.846. The molecule has 4 rings (SSSR count). The van der Waals surface area contributed by atoms with Gasteiger partial charge in [0, 0.05) is 19.3 Å². The number of carbonyl (C=O) groups is 2. The summed E-state index contributed by atoms with van der Waals surface area (Å²) < 4.78 is 16.2. The van der Waals surface area contributed by atoms with Gasteiger partial charge in [-0.3, -0.25) is 9.59 Å². The van der Waals surface area contributed by atoms with Gasteiger partial charge < -0.3 is 19.0 Å². The predicted octanol–water partition coefficient (Wildman–Crippen LogP) is 4.39. The summed E-state index contributed by atoms with van der Waals surface area (Å²) in [7, 11) is 0. The van der Waals surface area contributed by atoms with Gasteiger partial charge in [0.05, 0.1) is 5.56 Å². The maximum Gasteiger partial charge on any atom is 0.294 e. The van der Waals surface area contributed by atoms with Crippen LogP contribution >= 0.6 is 0 Å². The van der Waals surface area contributed by atoms with Gasteiger partial charge in [0.15, 0.2) is 23.1 Å². The fourth-order valence-electron chi connectivity index (χ4n) is 3.85. The van der Waals surface area contributed by atoms with Crippen molar-refractivity contribution >= 4 is 11.6 Å². The average molecular weight is 370 g/mol. The number of furan rings is 1. The van der Waals surface area contributed by atoms with Gasteiger partial charge in [-0.2, -0.15) is 0 Å². The molecule has 1 aliphatic heterocycles. The van der Waals surface area contributed by atoms with E-state index >= 15 is 0 Å². The van der Waals surface area contributed by atoms with E-state index < -0.39 is 5.95 Å². The molecule has 0 radical (unpaired) electrons. The van der Waals surface area contributed by atoms with Gasteiger partial charge in [-0.15, -0.1) is 0 Å². The van der Waals surface area contributed by atoms with E-state index in [0.717, 1.165) is 24.8 Å². The van der Waals surface area contributed by atoms with Crippen molar-refractivity contribution in [1.82, 2.24) is 0 Å². The molecule has 142 valence electrons. The number of benzene rings is 1. The molecule has 0 fully saturated rings. The molecule has 2 aromatic rings. The Balaban J connectivity index is 1.59. The molecule has 1 unspecified atom stereocenters. The number of fused-ring (bicyclic) bond motifs is 2. The molecule has 2 aliphatic rings. The zero-order chi connectivity index (χ0) is 19.0. The van der Waals surface area contributed by atoms with Crippen LogP contribution in [-0.2, 0) is 6.42 Å². The van der Waals surface area contributed by atoms with E-state index in [0.29, 0.717) is 30.1 Å². The molecular weight excluding hydrogens is 348 g/mol. The highest BCUT2D eigenvalue weighted by molar-refractivity contribution is 6.11. The van der Waals surface area contributed by atoms with Gasteiger partial charge >= 0.3 is 0 Å². The van der Waals surface area contributed by atoms with Gasteiger partial charge in [-0.1, -0.05) is 25.8 Å². The van der Waals surface area contributed by atoms with Crippen molar-refractivity contribution in [2.75, 3.05) is 6.79 Å². The molecule has 1 N–H and O–H groups in total. The Morgan fingerprint density at radius 1 is 1.19 bits per heavy atom. The third-order valence-corrected chi connectivity index (χ3v) is 5.26. The lowest BCUT2D eigenvalue weighted by molar-refractivity contribution is 0.0935. The zero-order valence-electron chi connectivity index (χ0n) is 15.2. The Hall–Kier alpha value is -2.76. The van der Waals surface area contributed by atoms with Crippen LogP contribution in [-0.4, -0.2) is 23.5 Å². The van der Waals surface area contributed by atoms with Crippen LogP contribution < -0.4 is 9.47 Å². The van der Waals surface area contributed by atoms with Crippen molar-refractivity contribution in [3.63, 3.8) is 0 Å². The topological polar surface area (TPSA) is 86.0 Å². The number of aromatic hydroxyl groups is 1. The van der Waals surface area contributed by atoms with Crippen molar-refractivity contribution in [3.8, 4) is 17.4 Å². The first-order valence-electron chi connectivity index (χ1n) is 9.39. The van der Waals surface area contributed by atoms with Crippen molar-refractivity contribution in [1.29, 1.82) is 0 Å². The molecular formula is C21H22O6. The molecule has 27 heavy (non-hydrogen) atoms. The quantitative estimate of drug-likeness (QED) is 0.599. The fraction of sp³-hybridized carbons (Fsp3) is 0.429. The van der Waals surface area contributed by atoms with E-state index in [1.807, 2.05) is 18.2 Å². The van der Waals surface area contributed by atoms with Crippen LogP contribution in [0.3, 0.4) is 0 Å². The molecule has 2 heterocycles. The molecule has 6 heteroatoms. The molecule has 1 aliphatic carbocycles. The van der Waals surface area contributed by atoms with Crippen LogP contribution in [0.4, 0.5) is 0 Å². The summed E-state index contributed by atoms with van der Waals surface area (Å²) in [6, 6.07) is 5.63. The van der Waals surface area contributed by atoms with Gasteiger partial charge in [0.25, 0.3) is 5.95 Å². The minimum atomic E-state index is -0.429. The number of carbonyl (C=O) groups excluding carboxylic acids is 2. The molecule has 0 amide bonds. The number of ketones is 2. The monoisotopic (exact) mass is 370 g/mol. The number of hydrogen-bond donors (Lipinski definition) is 1. The van der Waals surface area contributed by atoms with Crippen LogP contribution in [0.25, 0.3) is 0 Å². The van der Waals surface area contributed by atoms with E-state index in [2.05, 4.69) is 6.92 Å². The third kappa shape index (κ3) is 3.20. The highest BCUT2D eigenvalue weighted by Gasteiger charge is 2.36. The second-order valence-corrected chi connectivity index (χ2v) is 7.10. The van der Waals surface area contributed by atoms with Gasteiger partial charge in [0.1, 0.15) is 11.3 Å². The van der Waals surface area contributed by atoms with E-state index in [4.69, 9.17) is 13.9 Å². The number of hydrogen-bond acceptors (Lipinski definition) is 6. The lowest BCUT2D eigenvalue weighted by Gasteiger charge is -2.21. The number of rotatable bonds is 6. The Morgan fingerprint density at radius 3 is 2.81 bits per heavy atom. The van der Waals surface area contributed by atoms with Gasteiger partial charge in [-0.05, 0) is 30.0 Å². The third-order valence-electron chi connectivity index (χ3n) is 5.26. The van der Waals surface area contributed by atoms with Crippen LogP contribution in [0.2, 0.25) is 0 Å². The Kier molecular flexibility index (Phi) is 4.64. The summed E-state index contributed by atoms with van der Waals surface area (Å²) in [5, 5.41) is 10.2. The van der Waals surface area contributed by atoms with Crippen LogP contribution in [0.5, 0.6) is 17.4 Å². The predicted molar refractivity (Wildman–Crippen MR) is 96.8 cm³/mol. The Labute approximate surface area is 157 Å². The second-order valence-electron chi connectivity index (χ2n) is 7.10. The van der Waals surface area contributed by atoms with Gasteiger partial charge in [-0.25, -0.2) is 0 Å². The molecule has 1 aromatic carbocycles. The molecule has 0 saturated carbocycles. The molecule has 1 aromatic heterocycles. The Morgan fingerprint density at radius 2 is 2.00 bits per heavy atom. The van der Waals surface area contributed by atoms with E-state index in [1.54, 1.807) is 0 Å². The van der Waals surface area contributed by atoms with Crippen molar-refractivity contribution in [2.24, 2.45) is 0 Å². The van der Waals surface area contributed by atoms with Gasteiger partial charge in [0.2, 0.25) is 6.79 Å². The SMILES string of the molecule is CCCCCC(=O)c1c(O)oc2c1C(=O)CC(c1ccc3c(c1)OCO3)C2. The maximum absolute atomic E-state index is 12.8. The fourth-order valence-corrected chi connectivity index (χ4v) is 3.85. The smallest absolute Gasteiger partial charge is 0.294 e. The normalized spacial score (nSPS) is 17.8. The van der Waals surface area contributed by atoms with Crippen LogP contribution in [0.1, 0.15) is 77.0 Å². The van der Waals surface area contributed by atoms with Crippen LogP contribution in [0.15, 0.2) is 22.6 Å². The summed E-state index contributed by atoms with van der Waals surface area (Å²) in [4.78, 5) is 25.3. The first-order chi connectivity index (χ1) is 13.1. The summed E-state index contributed by atoms with van der Waals surface area (Å²) in [6.07, 6.45) is 3.71. The standard InChI is InChI=1S/C21H22O6/c1-2-3-4-5-14(22)20-19-15(23)8-13(10-18(19)27-21(20)24)12-6-7-16-17(9-12)26-11-25-16/h6-7,9,13,24H,2-5,8,10-11H2,1H3. The summed E-state index contributed by atoms with van der Waals surface area (Å²) in [6.45, 7) is 2.25. The van der Waals surface area contributed by atoms with E-state index in [1.165, 1.54) is 0 Å². The molecule has 0 saturated heterocycles. The minimum Gasteiger partial charge on any atom is -0.480 e. The second kappa shape index (κ2) is 7.10. The minimum absolute atomic E-state index is 0.0650. The Bertz CT molecular complexity index is 894. The summed E-state index contributed by atoms with van der Waals surface area (Å²) >= 11 is 0. The number of Topliss-reactive ketones (excluding diaryl/α,β-unsaturated/α-hetero) is 2. The molecule has 0 spiro atoms. The van der Waals surface area contributed by atoms with E-state index in [9.17, 15) is 14.7 Å². The number of ether oxygens (including phenoxy) is 2. The summed E-state index contributed by atoms with van der Waals surface area (Å²) in [5.41, 5.74) is 1.28.